The van der Waals surface area contributed by atoms with Crippen molar-refractivity contribution in [3.8, 4) is 0 Å². The van der Waals surface area contributed by atoms with Crippen molar-refractivity contribution in [1.82, 2.24) is 0 Å². The molecule has 2 rings (SSSR count). The zero-order valence-corrected chi connectivity index (χ0v) is 9.54. The number of hydrogen-bond donors (Lipinski definition) is 0. The van der Waals surface area contributed by atoms with Crippen molar-refractivity contribution >= 4 is 55.2 Å². The van der Waals surface area contributed by atoms with Crippen LogP contribution >= 0.6 is 38.9 Å². The minimum Gasteiger partial charge on any atom is -0.298 e. The van der Waals surface area contributed by atoms with E-state index in [1.807, 2.05) is 17.5 Å². The number of benzene rings is 1. The summed E-state index contributed by atoms with van der Waals surface area (Å²) in [6.45, 7) is 0. The fraction of sp³-hybridized carbons (Fsp3) is 0. The summed E-state index contributed by atoms with van der Waals surface area (Å²) in [7, 11) is 0. The third kappa shape index (κ3) is 1.52. The first-order valence-corrected chi connectivity index (χ1v) is 5.59. The molecule has 0 radical (unpaired) electrons. The Morgan fingerprint density at radius 3 is 2.92 bits per heavy atom. The molecule has 0 atom stereocenters. The van der Waals surface area contributed by atoms with Crippen molar-refractivity contribution in [3.05, 3.63) is 32.6 Å². The zero-order chi connectivity index (χ0) is 9.42. The molecular formula is C9H4BrClOS. The normalized spacial score (nSPS) is 10.6. The van der Waals surface area contributed by atoms with Gasteiger partial charge in [0.15, 0.2) is 6.29 Å². The van der Waals surface area contributed by atoms with E-state index in [0.717, 1.165) is 20.8 Å². The quantitative estimate of drug-likeness (QED) is 0.715. The summed E-state index contributed by atoms with van der Waals surface area (Å²) in [4.78, 5) is 10.7. The van der Waals surface area contributed by atoms with Gasteiger partial charge in [-0.05, 0) is 12.1 Å². The summed E-state index contributed by atoms with van der Waals surface area (Å²) < 4.78 is 1.86. The fourth-order valence-electron chi connectivity index (χ4n) is 1.17. The summed E-state index contributed by atoms with van der Waals surface area (Å²) in [5.74, 6) is 0. The fourth-order valence-corrected chi connectivity index (χ4v) is 3.02. The number of thiophene rings is 1. The Kier molecular flexibility index (Phi) is 2.41. The SMILES string of the molecule is O=Cc1csc2c(Cl)cc(Br)cc12. The predicted octanol–water partition coefficient (Wildman–Crippen LogP) is 4.13. The van der Waals surface area contributed by atoms with E-state index in [0.29, 0.717) is 10.6 Å². The smallest absolute Gasteiger partial charge is 0.151 e. The van der Waals surface area contributed by atoms with Gasteiger partial charge in [0.25, 0.3) is 0 Å². The lowest BCUT2D eigenvalue weighted by atomic mass is 10.2. The number of carbonyl (C=O) groups is 1. The average Bonchev–Trinajstić information content (AvgIpc) is 2.47. The molecule has 0 amide bonds. The molecule has 0 aliphatic rings. The molecule has 0 aliphatic carbocycles. The van der Waals surface area contributed by atoms with Crippen LogP contribution in [0.1, 0.15) is 10.4 Å². The molecule has 0 fully saturated rings. The highest BCUT2D eigenvalue weighted by Crippen LogP contribution is 2.34. The molecule has 1 heterocycles. The van der Waals surface area contributed by atoms with Crippen LogP contribution in [-0.2, 0) is 0 Å². The topological polar surface area (TPSA) is 17.1 Å². The van der Waals surface area contributed by atoms with Crippen LogP contribution in [0, 0.1) is 0 Å². The van der Waals surface area contributed by atoms with Gasteiger partial charge in [0.1, 0.15) is 0 Å². The summed E-state index contributed by atoms with van der Waals surface area (Å²) in [5, 5.41) is 3.41. The highest BCUT2D eigenvalue weighted by molar-refractivity contribution is 9.10. The molecule has 0 saturated heterocycles. The largest absolute Gasteiger partial charge is 0.298 e. The lowest BCUT2D eigenvalue weighted by molar-refractivity contribution is 0.112. The van der Waals surface area contributed by atoms with Crippen molar-refractivity contribution in [2.75, 3.05) is 0 Å². The van der Waals surface area contributed by atoms with E-state index >= 15 is 0 Å². The molecular weight excluding hydrogens is 272 g/mol. The van der Waals surface area contributed by atoms with Gasteiger partial charge in [-0.15, -0.1) is 11.3 Å². The third-order valence-corrected chi connectivity index (χ3v) is 3.67. The maximum Gasteiger partial charge on any atom is 0.151 e. The van der Waals surface area contributed by atoms with Crippen molar-refractivity contribution in [1.29, 1.82) is 0 Å². The molecule has 0 aliphatic heterocycles. The van der Waals surface area contributed by atoms with Crippen LogP contribution in [0.15, 0.2) is 22.0 Å². The molecule has 1 aromatic carbocycles. The minimum atomic E-state index is 0.683. The number of fused-ring (bicyclic) bond motifs is 1. The van der Waals surface area contributed by atoms with E-state index in [1.54, 1.807) is 0 Å². The van der Waals surface area contributed by atoms with Gasteiger partial charge < -0.3 is 0 Å². The van der Waals surface area contributed by atoms with Crippen LogP contribution in [0.5, 0.6) is 0 Å². The van der Waals surface area contributed by atoms with Gasteiger partial charge in [0.05, 0.1) is 9.72 Å². The third-order valence-electron chi connectivity index (χ3n) is 1.75. The van der Waals surface area contributed by atoms with Gasteiger partial charge in [-0.1, -0.05) is 27.5 Å². The van der Waals surface area contributed by atoms with Gasteiger partial charge in [0.2, 0.25) is 0 Å². The Morgan fingerprint density at radius 1 is 1.46 bits per heavy atom. The lowest BCUT2D eigenvalue weighted by Crippen LogP contribution is -1.75. The van der Waals surface area contributed by atoms with E-state index in [9.17, 15) is 4.79 Å². The zero-order valence-electron chi connectivity index (χ0n) is 6.38. The van der Waals surface area contributed by atoms with Crippen LogP contribution in [0.4, 0.5) is 0 Å². The second-order valence-corrected chi connectivity index (χ2v) is 4.78. The predicted molar refractivity (Wildman–Crippen MR) is 59.9 cm³/mol. The van der Waals surface area contributed by atoms with E-state index < -0.39 is 0 Å². The molecule has 1 aromatic heterocycles. The summed E-state index contributed by atoms with van der Waals surface area (Å²) in [6, 6.07) is 3.73. The molecule has 4 heteroatoms. The number of halogens is 2. The first-order chi connectivity index (χ1) is 6.22. The maximum absolute atomic E-state index is 10.7. The van der Waals surface area contributed by atoms with Crippen molar-refractivity contribution < 1.29 is 4.79 Å². The Bertz CT molecular complexity index is 478. The first kappa shape index (κ1) is 9.19. The Labute approximate surface area is 92.5 Å². The van der Waals surface area contributed by atoms with Gasteiger partial charge in [-0.25, -0.2) is 0 Å². The Morgan fingerprint density at radius 2 is 2.23 bits per heavy atom. The summed E-state index contributed by atoms with van der Waals surface area (Å²) in [6.07, 6.45) is 0.849. The molecule has 0 N–H and O–H groups in total. The second kappa shape index (κ2) is 3.40. The van der Waals surface area contributed by atoms with Crippen LogP contribution in [0.2, 0.25) is 5.02 Å². The van der Waals surface area contributed by atoms with Crippen LogP contribution < -0.4 is 0 Å². The van der Waals surface area contributed by atoms with E-state index in [2.05, 4.69) is 15.9 Å². The number of hydrogen-bond acceptors (Lipinski definition) is 2. The van der Waals surface area contributed by atoms with Crippen LogP contribution in [0.3, 0.4) is 0 Å². The van der Waals surface area contributed by atoms with Gasteiger partial charge in [-0.2, -0.15) is 0 Å². The highest BCUT2D eigenvalue weighted by Gasteiger charge is 2.07. The first-order valence-electron chi connectivity index (χ1n) is 3.54. The van der Waals surface area contributed by atoms with Gasteiger partial charge >= 0.3 is 0 Å². The van der Waals surface area contributed by atoms with Crippen LogP contribution in [-0.4, -0.2) is 6.29 Å². The molecule has 0 spiro atoms. The molecule has 0 bridgehead atoms. The average molecular weight is 276 g/mol. The maximum atomic E-state index is 10.7. The van der Waals surface area contributed by atoms with E-state index in [1.165, 1.54) is 11.3 Å². The Hall–Kier alpha value is -0.380. The molecule has 13 heavy (non-hydrogen) atoms. The van der Waals surface area contributed by atoms with Gasteiger partial charge in [-0.3, -0.25) is 4.79 Å². The molecule has 2 aromatic rings. The monoisotopic (exact) mass is 274 g/mol. The van der Waals surface area contributed by atoms with E-state index in [-0.39, 0.29) is 0 Å². The van der Waals surface area contributed by atoms with Crippen molar-refractivity contribution in [2.24, 2.45) is 0 Å². The highest BCUT2D eigenvalue weighted by atomic mass is 79.9. The number of carbonyl (C=O) groups excluding carboxylic acids is 1. The standard InChI is InChI=1S/C9H4BrClOS/c10-6-1-7-5(3-12)4-13-9(7)8(11)2-6/h1-4H. The summed E-state index contributed by atoms with van der Waals surface area (Å²) in [5.41, 5.74) is 0.697. The number of aldehydes is 1. The van der Waals surface area contributed by atoms with Crippen LogP contribution in [0.25, 0.3) is 10.1 Å². The molecule has 1 nitrogen and oxygen atoms in total. The van der Waals surface area contributed by atoms with Crippen molar-refractivity contribution in [2.45, 2.75) is 0 Å². The molecule has 0 unspecified atom stereocenters. The van der Waals surface area contributed by atoms with Crippen molar-refractivity contribution in [3.63, 3.8) is 0 Å². The second-order valence-electron chi connectivity index (χ2n) is 2.57. The number of rotatable bonds is 1. The molecule has 0 saturated carbocycles. The summed E-state index contributed by atoms with van der Waals surface area (Å²) >= 11 is 10.8. The minimum absolute atomic E-state index is 0.683. The van der Waals surface area contributed by atoms with E-state index in [4.69, 9.17) is 11.6 Å². The van der Waals surface area contributed by atoms with Gasteiger partial charge in [0, 0.05) is 20.8 Å². The Balaban J connectivity index is 2.89. The lowest BCUT2D eigenvalue weighted by Gasteiger charge is -1.95. The molecule has 66 valence electrons.